The van der Waals surface area contributed by atoms with Gasteiger partial charge in [0.15, 0.2) is 0 Å². The smallest absolute Gasteiger partial charge is 0.404 e. The Morgan fingerprint density at radius 2 is 2.50 bits per heavy atom. The fraction of sp³-hybridized carbons (Fsp3) is 0.833. The molecule has 1 rings (SSSR count). The number of likely N-dealkylation sites (tertiary alicyclic amines) is 1. The molecule has 10 heavy (non-hydrogen) atoms. The van der Waals surface area contributed by atoms with E-state index in [2.05, 4.69) is 10.2 Å². The topological polar surface area (TPSA) is 52.6 Å². The molecule has 1 aliphatic heterocycles. The Labute approximate surface area is 59.8 Å². The van der Waals surface area contributed by atoms with E-state index in [1.807, 2.05) is 7.05 Å². The van der Waals surface area contributed by atoms with Crippen molar-refractivity contribution in [2.24, 2.45) is 0 Å². The second-order valence-electron chi connectivity index (χ2n) is 2.70. The van der Waals surface area contributed by atoms with Crippen molar-refractivity contribution < 1.29 is 9.90 Å². The first-order chi connectivity index (χ1) is 4.68. The Morgan fingerprint density at radius 3 is 2.90 bits per heavy atom. The van der Waals surface area contributed by atoms with Crippen LogP contribution < -0.4 is 5.32 Å². The van der Waals surface area contributed by atoms with Gasteiger partial charge in [-0.15, -0.1) is 0 Å². The van der Waals surface area contributed by atoms with Gasteiger partial charge < -0.3 is 15.3 Å². The minimum absolute atomic E-state index is 0.141. The van der Waals surface area contributed by atoms with Crippen molar-refractivity contribution in [2.45, 2.75) is 12.5 Å². The summed E-state index contributed by atoms with van der Waals surface area (Å²) >= 11 is 0. The number of rotatable bonds is 1. The van der Waals surface area contributed by atoms with E-state index in [-0.39, 0.29) is 6.04 Å². The minimum Gasteiger partial charge on any atom is -0.465 e. The first-order valence-corrected chi connectivity index (χ1v) is 3.36. The molecule has 2 N–H and O–H groups in total. The van der Waals surface area contributed by atoms with Crippen molar-refractivity contribution in [3.63, 3.8) is 0 Å². The molecule has 1 heterocycles. The average Bonchev–Trinajstić information content (AvgIpc) is 2.13. The average molecular weight is 144 g/mol. The monoisotopic (exact) mass is 144 g/mol. The summed E-state index contributed by atoms with van der Waals surface area (Å²) in [5.41, 5.74) is 0. The quantitative estimate of drug-likeness (QED) is 0.543. The van der Waals surface area contributed by atoms with Crippen LogP contribution in [0, 0.1) is 0 Å². The second kappa shape index (κ2) is 2.88. The van der Waals surface area contributed by atoms with Crippen molar-refractivity contribution in [1.29, 1.82) is 0 Å². The van der Waals surface area contributed by atoms with Crippen LogP contribution in [0.15, 0.2) is 0 Å². The molecule has 1 amide bonds. The zero-order chi connectivity index (χ0) is 7.56. The van der Waals surface area contributed by atoms with Crippen molar-refractivity contribution in [3.05, 3.63) is 0 Å². The summed E-state index contributed by atoms with van der Waals surface area (Å²) < 4.78 is 0. The third kappa shape index (κ3) is 1.88. The van der Waals surface area contributed by atoms with Crippen molar-refractivity contribution in [1.82, 2.24) is 10.2 Å². The molecule has 0 spiro atoms. The maximum atomic E-state index is 10.1. The zero-order valence-corrected chi connectivity index (χ0v) is 6.00. The number of hydrogen-bond donors (Lipinski definition) is 2. The van der Waals surface area contributed by atoms with Gasteiger partial charge in [-0.1, -0.05) is 0 Å². The molecule has 0 aliphatic carbocycles. The second-order valence-corrected chi connectivity index (χ2v) is 2.70. The van der Waals surface area contributed by atoms with Crippen LogP contribution >= 0.6 is 0 Å². The Balaban J connectivity index is 2.24. The lowest BCUT2D eigenvalue weighted by Crippen LogP contribution is -2.35. The van der Waals surface area contributed by atoms with E-state index in [9.17, 15) is 4.79 Å². The van der Waals surface area contributed by atoms with Gasteiger partial charge in [0, 0.05) is 12.6 Å². The summed E-state index contributed by atoms with van der Waals surface area (Å²) in [6.45, 7) is 1.83. The molecule has 1 atom stereocenters. The van der Waals surface area contributed by atoms with E-state index in [1.54, 1.807) is 0 Å². The van der Waals surface area contributed by atoms with Crippen LogP contribution in [0.3, 0.4) is 0 Å². The molecule has 0 aromatic rings. The summed E-state index contributed by atoms with van der Waals surface area (Å²) in [4.78, 5) is 12.2. The predicted molar refractivity (Wildman–Crippen MR) is 37.1 cm³/mol. The summed E-state index contributed by atoms with van der Waals surface area (Å²) in [5, 5.41) is 10.8. The van der Waals surface area contributed by atoms with E-state index < -0.39 is 6.09 Å². The van der Waals surface area contributed by atoms with Crippen LogP contribution in [0.4, 0.5) is 4.79 Å². The minimum atomic E-state index is -0.916. The SMILES string of the molecule is CN1CC[C@H](NC(=O)O)C1. The third-order valence-corrected chi connectivity index (χ3v) is 1.72. The van der Waals surface area contributed by atoms with E-state index in [0.717, 1.165) is 19.5 Å². The fourth-order valence-electron chi connectivity index (χ4n) is 1.23. The number of nitrogens with one attached hydrogen (secondary N) is 1. The molecule has 1 fully saturated rings. The lowest BCUT2D eigenvalue weighted by atomic mass is 10.3. The van der Waals surface area contributed by atoms with Gasteiger partial charge in [-0.25, -0.2) is 4.79 Å². The van der Waals surface area contributed by atoms with Crippen molar-refractivity contribution in [3.8, 4) is 0 Å². The Bertz CT molecular complexity index is 138. The van der Waals surface area contributed by atoms with Crippen LogP contribution in [0.25, 0.3) is 0 Å². The van der Waals surface area contributed by atoms with Gasteiger partial charge in [0.25, 0.3) is 0 Å². The highest BCUT2D eigenvalue weighted by molar-refractivity contribution is 5.64. The lowest BCUT2D eigenvalue weighted by Gasteiger charge is -2.08. The highest BCUT2D eigenvalue weighted by Crippen LogP contribution is 2.05. The molecule has 0 aromatic heterocycles. The fourth-order valence-corrected chi connectivity index (χ4v) is 1.23. The summed E-state index contributed by atoms with van der Waals surface area (Å²) in [6, 6.07) is 0.141. The number of carboxylic acid groups (broad SMARTS) is 1. The van der Waals surface area contributed by atoms with Gasteiger partial charge >= 0.3 is 6.09 Å². The third-order valence-electron chi connectivity index (χ3n) is 1.72. The van der Waals surface area contributed by atoms with Gasteiger partial charge in [-0.05, 0) is 20.0 Å². The van der Waals surface area contributed by atoms with E-state index in [0.29, 0.717) is 0 Å². The molecule has 4 nitrogen and oxygen atoms in total. The van der Waals surface area contributed by atoms with Crippen molar-refractivity contribution in [2.75, 3.05) is 20.1 Å². The van der Waals surface area contributed by atoms with Crippen LogP contribution in [0.5, 0.6) is 0 Å². The molecule has 0 bridgehead atoms. The van der Waals surface area contributed by atoms with Gasteiger partial charge in [-0.2, -0.15) is 0 Å². The highest BCUT2D eigenvalue weighted by Gasteiger charge is 2.20. The summed E-state index contributed by atoms with van der Waals surface area (Å²) in [7, 11) is 1.99. The lowest BCUT2D eigenvalue weighted by molar-refractivity contribution is 0.190. The Kier molecular flexibility index (Phi) is 2.11. The molecule has 0 radical (unpaired) electrons. The van der Waals surface area contributed by atoms with E-state index >= 15 is 0 Å². The first kappa shape index (κ1) is 7.34. The van der Waals surface area contributed by atoms with Gasteiger partial charge in [0.1, 0.15) is 0 Å². The molecular weight excluding hydrogens is 132 g/mol. The van der Waals surface area contributed by atoms with Gasteiger partial charge in [0.05, 0.1) is 0 Å². The molecule has 0 unspecified atom stereocenters. The molecule has 0 aromatic carbocycles. The highest BCUT2D eigenvalue weighted by atomic mass is 16.4. The Morgan fingerprint density at radius 1 is 1.80 bits per heavy atom. The number of hydrogen-bond acceptors (Lipinski definition) is 2. The molecule has 58 valence electrons. The number of nitrogens with zero attached hydrogens (tertiary/aromatic N) is 1. The zero-order valence-electron chi connectivity index (χ0n) is 6.00. The number of amides is 1. The summed E-state index contributed by atoms with van der Waals surface area (Å²) in [6.07, 6.45) is 0.0169. The summed E-state index contributed by atoms with van der Waals surface area (Å²) in [5.74, 6) is 0. The number of likely N-dealkylation sites (N-methyl/N-ethyl adjacent to an activating group) is 1. The predicted octanol–water partition coefficient (Wildman–Crippen LogP) is -0.0419. The van der Waals surface area contributed by atoms with Crippen LogP contribution in [0.2, 0.25) is 0 Å². The maximum absolute atomic E-state index is 10.1. The Hall–Kier alpha value is -0.770. The van der Waals surface area contributed by atoms with Crippen LogP contribution in [-0.2, 0) is 0 Å². The largest absolute Gasteiger partial charge is 0.465 e. The molecule has 0 saturated carbocycles. The standard InChI is InChI=1S/C6H12N2O2/c1-8-3-2-5(4-8)7-6(9)10/h5,7H,2-4H2,1H3,(H,9,10)/t5-/m0/s1. The van der Waals surface area contributed by atoms with E-state index in [4.69, 9.17) is 5.11 Å². The molecular formula is C6H12N2O2. The van der Waals surface area contributed by atoms with Crippen LogP contribution in [0.1, 0.15) is 6.42 Å². The number of carbonyl (C=O) groups is 1. The maximum Gasteiger partial charge on any atom is 0.404 e. The van der Waals surface area contributed by atoms with Crippen LogP contribution in [-0.4, -0.2) is 42.3 Å². The van der Waals surface area contributed by atoms with Gasteiger partial charge in [-0.3, -0.25) is 0 Å². The van der Waals surface area contributed by atoms with Gasteiger partial charge in [0.2, 0.25) is 0 Å². The van der Waals surface area contributed by atoms with E-state index in [1.165, 1.54) is 0 Å². The molecule has 4 heteroatoms. The molecule has 1 saturated heterocycles. The first-order valence-electron chi connectivity index (χ1n) is 3.36. The van der Waals surface area contributed by atoms with Crippen molar-refractivity contribution >= 4 is 6.09 Å². The normalized spacial score (nSPS) is 26.7. The molecule has 1 aliphatic rings.